The number of nitrogen functional groups attached to an aromatic ring is 1. The van der Waals surface area contributed by atoms with Gasteiger partial charge in [0.05, 0.1) is 18.6 Å². The van der Waals surface area contributed by atoms with Crippen LogP contribution in [0.25, 0.3) is 0 Å². The summed E-state index contributed by atoms with van der Waals surface area (Å²) in [6.07, 6.45) is 0. The summed E-state index contributed by atoms with van der Waals surface area (Å²) in [7, 11) is 0. The van der Waals surface area contributed by atoms with Gasteiger partial charge in [0.1, 0.15) is 5.76 Å². The Morgan fingerprint density at radius 2 is 2.20 bits per heavy atom. The van der Waals surface area contributed by atoms with Gasteiger partial charge in [-0.1, -0.05) is 0 Å². The van der Waals surface area contributed by atoms with Crippen LogP contribution in [0.3, 0.4) is 0 Å². The second kappa shape index (κ2) is 5.06. The molecule has 1 saturated heterocycles. The molecule has 0 aromatic carbocycles. The minimum absolute atomic E-state index is 0.0769. The lowest BCUT2D eigenvalue weighted by atomic mass is 9.98. The van der Waals surface area contributed by atoms with Crippen LogP contribution in [0.4, 0.5) is 0 Å². The standard InChI is InChI=1S/C12H16N4O4/c1-12(2)11(19)14-9(17)6-16(12)5-7-3-4-8(20-7)10(18)15-13/h3-4H,5-6,13H2,1-2H3,(H,15,18)(H,14,17,19). The fraction of sp³-hybridized carbons (Fsp3) is 0.417. The Bertz CT molecular complexity index is 564. The molecule has 2 heterocycles. The summed E-state index contributed by atoms with van der Waals surface area (Å²) in [5, 5.41) is 2.29. The van der Waals surface area contributed by atoms with Gasteiger partial charge in [-0.15, -0.1) is 0 Å². The number of nitrogens with two attached hydrogens (primary N) is 1. The Balaban J connectivity index is 2.16. The van der Waals surface area contributed by atoms with Crippen molar-refractivity contribution in [3.63, 3.8) is 0 Å². The third-order valence-corrected chi connectivity index (χ3v) is 3.30. The number of hydrogen-bond acceptors (Lipinski definition) is 6. The van der Waals surface area contributed by atoms with Crippen molar-refractivity contribution >= 4 is 17.7 Å². The molecule has 3 amide bonds. The van der Waals surface area contributed by atoms with Gasteiger partial charge in [0.15, 0.2) is 5.76 Å². The molecule has 8 heteroatoms. The fourth-order valence-electron chi connectivity index (χ4n) is 1.93. The van der Waals surface area contributed by atoms with Gasteiger partial charge in [-0.2, -0.15) is 0 Å². The van der Waals surface area contributed by atoms with Gasteiger partial charge in [-0.25, -0.2) is 5.84 Å². The number of carbonyl (C=O) groups is 3. The predicted molar refractivity (Wildman–Crippen MR) is 68.0 cm³/mol. The summed E-state index contributed by atoms with van der Waals surface area (Å²) in [6.45, 7) is 3.75. The average molecular weight is 280 g/mol. The van der Waals surface area contributed by atoms with E-state index >= 15 is 0 Å². The molecule has 1 aromatic heterocycles. The molecule has 0 bridgehead atoms. The number of carbonyl (C=O) groups excluding carboxylic acids is 3. The first kappa shape index (κ1) is 14.2. The lowest BCUT2D eigenvalue weighted by molar-refractivity contribution is -0.145. The minimum atomic E-state index is -0.836. The predicted octanol–water partition coefficient (Wildman–Crippen LogP) is -0.880. The van der Waals surface area contributed by atoms with E-state index in [1.165, 1.54) is 6.07 Å². The van der Waals surface area contributed by atoms with Gasteiger partial charge in [-0.05, 0) is 26.0 Å². The van der Waals surface area contributed by atoms with E-state index in [-0.39, 0.29) is 30.7 Å². The number of hydrazine groups is 1. The van der Waals surface area contributed by atoms with Crippen LogP contribution in [0.1, 0.15) is 30.2 Å². The zero-order chi connectivity index (χ0) is 14.9. The SMILES string of the molecule is CC1(C)C(=O)NC(=O)CN1Cc1ccc(C(=O)NN)o1. The summed E-state index contributed by atoms with van der Waals surface area (Å²) in [6, 6.07) is 3.09. The van der Waals surface area contributed by atoms with Crippen molar-refractivity contribution in [2.45, 2.75) is 25.9 Å². The highest BCUT2D eigenvalue weighted by atomic mass is 16.4. The van der Waals surface area contributed by atoms with Crippen molar-refractivity contribution in [3.05, 3.63) is 23.7 Å². The highest BCUT2D eigenvalue weighted by molar-refractivity contribution is 6.02. The van der Waals surface area contributed by atoms with Gasteiger partial charge >= 0.3 is 5.91 Å². The molecule has 1 aromatic rings. The number of hydrogen-bond donors (Lipinski definition) is 3. The monoisotopic (exact) mass is 280 g/mol. The summed E-state index contributed by atoms with van der Waals surface area (Å²) in [5.74, 6) is 4.30. The number of furan rings is 1. The van der Waals surface area contributed by atoms with Gasteiger partial charge in [0.2, 0.25) is 11.8 Å². The molecule has 0 spiro atoms. The normalized spacial score (nSPS) is 18.8. The van der Waals surface area contributed by atoms with Crippen molar-refractivity contribution in [1.82, 2.24) is 15.6 Å². The van der Waals surface area contributed by atoms with Crippen molar-refractivity contribution in [3.8, 4) is 0 Å². The first-order valence-corrected chi connectivity index (χ1v) is 6.03. The molecule has 108 valence electrons. The lowest BCUT2D eigenvalue weighted by Crippen LogP contribution is -2.63. The molecule has 0 unspecified atom stereocenters. The first-order valence-electron chi connectivity index (χ1n) is 6.03. The molecule has 0 aliphatic carbocycles. The fourth-order valence-corrected chi connectivity index (χ4v) is 1.93. The maximum absolute atomic E-state index is 11.8. The lowest BCUT2D eigenvalue weighted by Gasteiger charge is -2.39. The van der Waals surface area contributed by atoms with E-state index in [2.05, 4.69) is 5.32 Å². The van der Waals surface area contributed by atoms with Gasteiger partial charge in [0, 0.05) is 0 Å². The number of nitrogens with one attached hydrogen (secondary N) is 2. The highest BCUT2D eigenvalue weighted by Gasteiger charge is 2.41. The van der Waals surface area contributed by atoms with E-state index in [1.807, 2.05) is 5.43 Å². The Kier molecular flexibility index (Phi) is 3.60. The molecule has 8 nitrogen and oxygen atoms in total. The van der Waals surface area contributed by atoms with Crippen LogP contribution in [-0.2, 0) is 16.1 Å². The maximum atomic E-state index is 11.8. The van der Waals surface area contributed by atoms with Crippen LogP contribution >= 0.6 is 0 Å². The third kappa shape index (κ3) is 2.56. The Morgan fingerprint density at radius 1 is 1.50 bits per heavy atom. The van der Waals surface area contributed by atoms with E-state index < -0.39 is 11.4 Å². The van der Waals surface area contributed by atoms with Crippen LogP contribution < -0.4 is 16.6 Å². The minimum Gasteiger partial charge on any atom is -0.455 e. The number of amides is 3. The number of nitrogens with zero attached hydrogens (tertiary/aromatic N) is 1. The summed E-state index contributed by atoms with van der Waals surface area (Å²) in [4.78, 5) is 36.2. The van der Waals surface area contributed by atoms with Crippen LogP contribution in [0.5, 0.6) is 0 Å². The van der Waals surface area contributed by atoms with E-state index in [0.29, 0.717) is 5.76 Å². The molecule has 20 heavy (non-hydrogen) atoms. The Labute approximate surface area is 115 Å². The van der Waals surface area contributed by atoms with Crippen molar-refractivity contribution in [2.24, 2.45) is 5.84 Å². The molecule has 4 N–H and O–H groups in total. The highest BCUT2D eigenvalue weighted by Crippen LogP contribution is 2.21. The maximum Gasteiger partial charge on any atom is 0.300 e. The number of rotatable bonds is 3. The van der Waals surface area contributed by atoms with E-state index in [1.54, 1.807) is 24.8 Å². The zero-order valence-corrected chi connectivity index (χ0v) is 11.2. The molecule has 2 rings (SSSR count). The Hall–Kier alpha value is -2.19. The van der Waals surface area contributed by atoms with Gasteiger partial charge < -0.3 is 4.42 Å². The van der Waals surface area contributed by atoms with Gasteiger partial charge in [-0.3, -0.25) is 30.0 Å². The van der Waals surface area contributed by atoms with E-state index in [9.17, 15) is 14.4 Å². The number of imide groups is 1. The van der Waals surface area contributed by atoms with E-state index in [0.717, 1.165) is 0 Å². The second-order valence-corrected chi connectivity index (χ2v) is 5.03. The Morgan fingerprint density at radius 3 is 2.85 bits per heavy atom. The summed E-state index contributed by atoms with van der Waals surface area (Å²) >= 11 is 0. The summed E-state index contributed by atoms with van der Waals surface area (Å²) < 4.78 is 5.33. The molecule has 1 fully saturated rings. The van der Waals surface area contributed by atoms with Crippen molar-refractivity contribution in [2.75, 3.05) is 6.54 Å². The molecule has 1 aliphatic heterocycles. The molecular formula is C12H16N4O4. The first-order chi connectivity index (χ1) is 9.34. The average Bonchev–Trinajstić information content (AvgIpc) is 2.84. The smallest absolute Gasteiger partial charge is 0.300 e. The van der Waals surface area contributed by atoms with Gasteiger partial charge in [0.25, 0.3) is 0 Å². The van der Waals surface area contributed by atoms with Crippen LogP contribution in [-0.4, -0.2) is 34.7 Å². The van der Waals surface area contributed by atoms with Crippen LogP contribution in [0.15, 0.2) is 16.5 Å². The van der Waals surface area contributed by atoms with Crippen molar-refractivity contribution in [1.29, 1.82) is 0 Å². The molecule has 0 saturated carbocycles. The quantitative estimate of drug-likeness (QED) is 0.286. The topological polar surface area (TPSA) is 118 Å². The zero-order valence-electron chi connectivity index (χ0n) is 11.2. The third-order valence-electron chi connectivity index (χ3n) is 3.30. The van der Waals surface area contributed by atoms with E-state index in [4.69, 9.17) is 10.3 Å². The van der Waals surface area contributed by atoms with Crippen LogP contribution in [0, 0.1) is 0 Å². The molecule has 0 atom stereocenters. The second-order valence-electron chi connectivity index (χ2n) is 5.03. The molecular weight excluding hydrogens is 264 g/mol. The molecule has 0 radical (unpaired) electrons. The van der Waals surface area contributed by atoms with Crippen molar-refractivity contribution < 1.29 is 18.8 Å². The summed E-state index contributed by atoms with van der Waals surface area (Å²) in [5.41, 5.74) is 1.13. The largest absolute Gasteiger partial charge is 0.455 e. The van der Waals surface area contributed by atoms with Crippen LogP contribution in [0.2, 0.25) is 0 Å². The molecule has 1 aliphatic rings. The number of piperazine rings is 1.